The maximum atomic E-state index is 12.9. The maximum Gasteiger partial charge on any atom is 0.360 e. The van der Waals surface area contributed by atoms with Crippen molar-refractivity contribution in [2.75, 3.05) is 6.61 Å². The van der Waals surface area contributed by atoms with Crippen LogP contribution in [-0.4, -0.2) is 33.4 Å². The number of ether oxygens (including phenoxy) is 1. The molecule has 0 saturated carbocycles. The van der Waals surface area contributed by atoms with Crippen molar-refractivity contribution in [3.63, 3.8) is 0 Å². The zero-order valence-electron chi connectivity index (χ0n) is 14.8. The van der Waals surface area contributed by atoms with Crippen molar-refractivity contribution in [3.8, 4) is 5.69 Å². The zero-order chi connectivity index (χ0) is 19.2. The lowest BCUT2D eigenvalue weighted by Crippen LogP contribution is -2.10. The molecule has 138 valence electrons. The molecule has 0 aliphatic carbocycles. The fourth-order valence-corrected chi connectivity index (χ4v) is 2.49. The first kappa shape index (κ1) is 18.4. The fraction of sp³-hybridized carbons (Fsp3) is 0.200. The minimum Gasteiger partial charge on any atom is -0.461 e. The number of Topliss-reactive ketones (excluding diaryl/α,β-unsaturated/α-hetero) is 1. The highest BCUT2D eigenvalue weighted by molar-refractivity contribution is 5.96. The van der Waals surface area contributed by atoms with E-state index >= 15 is 0 Å². The average molecular weight is 367 g/mol. The number of hydrogen-bond donors (Lipinski definition) is 0. The topological polar surface area (TPSA) is 74.1 Å². The van der Waals surface area contributed by atoms with E-state index in [-0.39, 0.29) is 30.3 Å². The van der Waals surface area contributed by atoms with E-state index in [4.69, 9.17) is 4.74 Å². The van der Waals surface area contributed by atoms with Crippen LogP contribution in [0.3, 0.4) is 0 Å². The molecule has 7 heteroatoms. The van der Waals surface area contributed by atoms with Crippen LogP contribution in [-0.2, 0) is 4.74 Å². The molecule has 0 bridgehead atoms. The quantitative estimate of drug-likeness (QED) is 0.363. The summed E-state index contributed by atoms with van der Waals surface area (Å²) < 4.78 is 18.1. The lowest BCUT2D eigenvalue weighted by molar-refractivity contribution is 0.0486. The van der Waals surface area contributed by atoms with E-state index < -0.39 is 5.97 Å². The average Bonchev–Trinajstić information content (AvgIpc) is 3.08. The second-order valence-corrected chi connectivity index (χ2v) is 5.93. The van der Waals surface area contributed by atoms with E-state index in [0.717, 1.165) is 5.69 Å². The SMILES string of the molecule is Cc1nn(-c2ccccc2)nc1C(=O)OCCCC(=O)c1ccc(F)cc1. The van der Waals surface area contributed by atoms with Gasteiger partial charge in [-0.15, -0.1) is 5.10 Å². The van der Waals surface area contributed by atoms with E-state index in [9.17, 15) is 14.0 Å². The van der Waals surface area contributed by atoms with Crippen molar-refractivity contribution in [1.82, 2.24) is 15.0 Å². The number of aromatic nitrogens is 3. The summed E-state index contributed by atoms with van der Waals surface area (Å²) in [4.78, 5) is 25.6. The summed E-state index contributed by atoms with van der Waals surface area (Å²) in [5.74, 6) is -1.10. The number of esters is 1. The van der Waals surface area contributed by atoms with E-state index in [0.29, 0.717) is 17.7 Å². The molecule has 3 aromatic rings. The summed E-state index contributed by atoms with van der Waals surface area (Å²) in [5.41, 5.74) is 1.78. The first-order chi connectivity index (χ1) is 13.0. The number of aryl methyl sites for hydroxylation is 1. The summed E-state index contributed by atoms with van der Waals surface area (Å²) in [6, 6.07) is 14.6. The summed E-state index contributed by atoms with van der Waals surface area (Å²) in [5, 5.41) is 8.40. The number of carbonyl (C=O) groups excluding carboxylic acids is 2. The molecule has 0 N–H and O–H groups in total. The number of carbonyl (C=O) groups is 2. The van der Waals surface area contributed by atoms with E-state index in [2.05, 4.69) is 10.2 Å². The van der Waals surface area contributed by atoms with E-state index in [1.807, 2.05) is 30.3 Å². The molecule has 3 rings (SSSR count). The first-order valence-electron chi connectivity index (χ1n) is 8.50. The van der Waals surface area contributed by atoms with E-state index in [1.165, 1.54) is 29.1 Å². The molecule has 0 aliphatic heterocycles. The molecule has 0 fully saturated rings. The molecule has 0 unspecified atom stereocenters. The second-order valence-electron chi connectivity index (χ2n) is 5.93. The smallest absolute Gasteiger partial charge is 0.360 e. The molecule has 6 nitrogen and oxygen atoms in total. The highest BCUT2D eigenvalue weighted by atomic mass is 19.1. The number of hydrogen-bond acceptors (Lipinski definition) is 5. The number of rotatable bonds is 7. The second kappa shape index (κ2) is 8.35. The van der Waals surface area contributed by atoms with Crippen LogP contribution in [0.2, 0.25) is 0 Å². The largest absolute Gasteiger partial charge is 0.461 e. The minimum absolute atomic E-state index is 0.0867. The Hall–Kier alpha value is -3.35. The van der Waals surface area contributed by atoms with Gasteiger partial charge in [0.1, 0.15) is 5.82 Å². The number of halogens is 1. The van der Waals surface area contributed by atoms with E-state index in [1.54, 1.807) is 6.92 Å². The predicted molar refractivity (Wildman–Crippen MR) is 96.3 cm³/mol. The molecule has 0 aliphatic rings. The molecule has 0 radical (unpaired) electrons. The molecule has 1 aromatic heterocycles. The first-order valence-corrected chi connectivity index (χ1v) is 8.50. The van der Waals surface area contributed by atoms with Gasteiger partial charge in [-0.1, -0.05) is 18.2 Å². The maximum absolute atomic E-state index is 12.9. The highest BCUT2D eigenvalue weighted by Crippen LogP contribution is 2.11. The molecule has 1 heterocycles. The molecule has 0 saturated heterocycles. The lowest BCUT2D eigenvalue weighted by Gasteiger charge is -2.03. The zero-order valence-corrected chi connectivity index (χ0v) is 14.8. The third-order valence-corrected chi connectivity index (χ3v) is 3.91. The Labute approximate surface area is 155 Å². The number of para-hydroxylation sites is 1. The van der Waals surface area contributed by atoms with Gasteiger partial charge in [-0.05, 0) is 49.7 Å². The van der Waals surface area contributed by atoms with Crippen molar-refractivity contribution in [1.29, 1.82) is 0 Å². The normalized spacial score (nSPS) is 10.6. The van der Waals surface area contributed by atoms with Crippen LogP contribution < -0.4 is 0 Å². The van der Waals surface area contributed by atoms with Crippen molar-refractivity contribution in [2.24, 2.45) is 0 Å². The molecular formula is C20H18FN3O3. The Morgan fingerprint density at radius 1 is 1.04 bits per heavy atom. The van der Waals surface area contributed by atoms with Crippen LogP contribution in [0.1, 0.15) is 39.4 Å². The van der Waals surface area contributed by atoms with Crippen molar-refractivity contribution >= 4 is 11.8 Å². The van der Waals surface area contributed by atoms with Crippen LogP contribution >= 0.6 is 0 Å². The van der Waals surface area contributed by atoms with Crippen LogP contribution in [0.5, 0.6) is 0 Å². The predicted octanol–water partition coefficient (Wildman–Crippen LogP) is 3.53. The number of benzene rings is 2. The van der Waals surface area contributed by atoms with Crippen molar-refractivity contribution < 1.29 is 18.7 Å². The van der Waals surface area contributed by atoms with Crippen molar-refractivity contribution in [3.05, 3.63) is 77.4 Å². The van der Waals surface area contributed by atoms with Gasteiger partial charge in [0.2, 0.25) is 0 Å². The van der Waals surface area contributed by atoms with Gasteiger partial charge in [-0.2, -0.15) is 9.90 Å². The van der Waals surface area contributed by atoms with Crippen LogP contribution in [0, 0.1) is 12.7 Å². The Bertz CT molecular complexity index is 937. The summed E-state index contributed by atoms with van der Waals surface area (Å²) in [6.07, 6.45) is 0.572. The Balaban J connectivity index is 1.52. The van der Waals surface area contributed by atoms with Gasteiger partial charge in [0, 0.05) is 12.0 Å². The summed E-state index contributed by atoms with van der Waals surface area (Å²) >= 11 is 0. The molecule has 0 amide bonds. The monoisotopic (exact) mass is 367 g/mol. The molecule has 2 aromatic carbocycles. The summed E-state index contributed by atoms with van der Waals surface area (Å²) in [6.45, 7) is 1.77. The van der Waals surface area contributed by atoms with Crippen LogP contribution in [0.15, 0.2) is 54.6 Å². The van der Waals surface area contributed by atoms with Gasteiger partial charge < -0.3 is 4.74 Å². The minimum atomic E-state index is -0.580. The van der Waals surface area contributed by atoms with Gasteiger partial charge in [-0.25, -0.2) is 9.18 Å². The van der Waals surface area contributed by atoms with Crippen LogP contribution in [0.4, 0.5) is 4.39 Å². The van der Waals surface area contributed by atoms with Gasteiger partial charge in [-0.3, -0.25) is 4.79 Å². The fourth-order valence-electron chi connectivity index (χ4n) is 2.49. The Kier molecular flexibility index (Phi) is 5.71. The number of ketones is 1. The highest BCUT2D eigenvalue weighted by Gasteiger charge is 2.18. The van der Waals surface area contributed by atoms with Gasteiger partial charge in [0.25, 0.3) is 0 Å². The molecule has 27 heavy (non-hydrogen) atoms. The van der Waals surface area contributed by atoms with Crippen LogP contribution in [0.25, 0.3) is 5.69 Å². The number of nitrogens with zero attached hydrogens (tertiary/aromatic N) is 3. The Morgan fingerprint density at radius 2 is 1.74 bits per heavy atom. The molecule has 0 spiro atoms. The molecular weight excluding hydrogens is 349 g/mol. The molecule has 0 atom stereocenters. The van der Waals surface area contributed by atoms with Gasteiger partial charge in [0.05, 0.1) is 18.0 Å². The third kappa shape index (κ3) is 4.63. The van der Waals surface area contributed by atoms with Gasteiger partial charge in [0.15, 0.2) is 11.5 Å². The van der Waals surface area contributed by atoms with Gasteiger partial charge >= 0.3 is 5.97 Å². The standard InChI is InChI=1S/C20H18FN3O3/c1-14-19(23-24(22-14)17-6-3-2-4-7-17)20(26)27-13-5-8-18(25)15-9-11-16(21)12-10-15/h2-4,6-7,9-12H,5,8,13H2,1H3. The lowest BCUT2D eigenvalue weighted by atomic mass is 10.1. The Morgan fingerprint density at radius 3 is 2.44 bits per heavy atom. The summed E-state index contributed by atoms with van der Waals surface area (Å²) in [7, 11) is 0. The van der Waals surface area contributed by atoms with Crippen molar-refractivity contribution in [2.45, 2.75) is 19.8 Å². The third-order valence-electron chi connectivity index (χ3n) is 3.91.